The highest BCUT2D eigenvalue weighted by Gasteiger charge is 2.77. The lowest BCUT2D eigenvalue weighted by Crippen LogP contribution is -2.56. The summed E-state index contributed by atoms with van der Waals surface area (Å²) in [5.74, 6) is -3.26. The van der Waals surface area contributed by atoms with Crippen LogP contribution in [0.25, 0.3) is 0 Å². The van der Waals surface area contributed by atoms with E-state index in [2.05, 4.69) is 34.4 Å². The van der Waals surface area contributed by atoms with E-state index in [1.54, 1.807) is 22.0 Å². The van der Waals surface area contributed by atoms with Crippen LogP contribution in [0.4, 0.5) is 0 Å². The molecule has 0 saturated carbocycles. The van der Waals surface area contributed by atoms with Gasteiger partial charge in [0.15, 0.2) is 0 Å². The van der Waals surface area contributed by atoms with Gasteiger partial charge in [-0.3, -0.25) is 19.2 Å². The Hall–Kier alpha value is -3.80. The number of halogens is 1. The summed E-state index contributed by atoms with van der Waals surface area (Å²) in [6.45, 7) is 8.50. The molecule has 0 aliphatic carbocycles. The second-order valence-corrected chi connectivity index (χ2v) is 14.1. The molecule has 2 bridgehead atoms. The Balaban J connectivity index is 1.45. The van der Waals surface area contributed by atoms with Gasteiger partial charge in [0, 0.05) is 37.5 Å². The Bertz CT molecular complexity index is 1490. The average molecular weight is 737 g/mol. The Morgan fingerprint density at radius 1 is 1.08 bits per heavy atom. The van der Waals surface area contributed by atoms with Crippen LogP contribution in [0.5, 0.6) is 0 Å². The van der Waals surface area contributed by atoms with Gasteiger partial charge in [0.2, 0.25) is 17.7 Å². The fraction of sp³-hybridized carbons (Fsp3) is 0.474. The molecule has 49 heavy (non-hydrogen) atoms. The number of nitrogens with one attached hydrogen (secondary N) is 1. The van der Waals surface area contributed by atoms with Gasteiger partial charge in [0.05, 0.1) is 24.5 Å². The SMILES string of the molecule is C=CCCC(=O)NC[C@H](OC(=O)[C@H]1[C@@H]2O[C@@]3(CC2Br)[C@@H]1C(=O)N(CCCCCO)[C@@H]3C(=O)N(CC=C)Cc1ccccc1)c1ccccc1. The molecule has 3 aliphatic heterocycles. The van der Waals surface area contributed by atoms with E-state index >= 15 is 0 Å². The van der Waals surface area contributed by atoms with Gasteiger partial charge in [-0.25, -0.2) is 0 Å². The van der Waals surface area contributed by atoms with E-state index in [9.17, 15) is 24.3 Å². The number of benzene rings is 2. The summed E-state index contributed by atoms with van der Waals surface area (Å²) in [5.41, 5.74) is 0.391. The van der Waals surface area contributed by atoms with Crippen molar-refractivity contribution >= 4 is 39.6 Å². The molecule has 0 radical (unpaired) electrons. The normalized spacial score (nSPS) is 25.8. The standard InChI is InChI=1S/C38H46BrN3O7/c1-3-5-19-30(44)40-24-29(27-17-11-7-12-18-27)48-37(47)31-32-35(45)42(21-13-8-14-22-43)34(38(32)23-28(39)33(31)49-38)36(46)41(20-4-2)25-26-15-9-6-10-16-26/h3-4,6-7,9-12,15-18,28-29,31-34,43H,1-2,5,8,13-14,19-25H2,(H,40,44)/t28?,29-,31+,32-,33+,34+,38-/m0/s1. The van der Waals surface area contributed by atoms with Gasteiger partial charge in [-0.15, -0.1) is 13.2 Å². The number of aliphatic hydroxyl groups excluding tert-OH is 1. The van der Waals surface area contributed by atoms with Gasteiger partial charge in [0.25, 0.3) is 0 Å². The third-order valence-corrected chi connectivity index (χ3v) is 10.6. The predicted octanol–water partition coefficient (Wildman–Crippen LogP) is 4.48. The number of nitrogens with zero attached hydrogens (tertiary/aromatic N) is 2. The van der Waals surface area contributed by atoms with Crippen molar-refractivity contribution in [3.63, 3.8) is 0 Å². The van der Waals surface area contributed by atoms with Crippen LogP contribution in [0.15, 0.2) is 86.0 Å². The molecule has 3 saturated heterocycles. The van der Waals surface area contributed by atoms with Crippen molar-refractivity contribution in [3.05, 3.63) is 97.1 Å². The van der Waals surface area contributed by atoms with Crippen LogP contribution in [0.3, 0.4) is 0 Å². The molecule has 11 heteroatoms. The summed E-state index contributed by atoms with van der Waals surface area (Å²) in [6, 6.07) is 17.8. The molecular formula is C38H46BrN3O7. The molecule has 1 spiro atoms. The number of amides is 3. The fourth-order valence-corrected chi connectivity index (χ4v) is 8.44. The number of carbonyl (C=O) groups is 4. The van der Waals surface area contributed by atoms with Gasteiger partial charge in [-0.1, -0.05) is 88.7 Å². The van der Waals surface area contributed by atoms with Crippen molar-refractivity contribution < 1.29 is 33.8 Å². The Labute approximate surface area is 296 Å². The number of alkyl halides is 1. The molecule has 262 valence electrons. The molecular weight excluding hydrogens is 690 g/mol. The van der Waals surface area contributed by atoms with Gasteiger partial charge in [0.1, 0.15) is 17.7 Å². The molecule has 2 aromatic rings. The number of fused-ring (bicyclic) bond motifs is 1. The summed E-state index contributed by atoms with van der Waals surface area (Å²) >= 11 is 3.74. The molecule has 5 rings (SSSR count). The maximum absolute atomic E-state index is 14.7. The third kappa shape index (κ3) is 7.84. The molecule has 10 nitrogen and oxygen atoms in total. The summed E-state index contributed by atoms with van der Waals surface area (Å²) < 4.78 is 12.9. The van der Waals surface area contributed by atoms with Crippen LogP contribution in [0.1, 0.15) is 55.8 Å². The number of rotatable bonds is 18. The Morgan fingerprint density at radius 2 is 1.80 bits per heavy atom. The van der Waals surface area contributed by atoms with E-state index in [4.69, 9.17) is 9.47 Å². The molecule has 1 unspecified atom stereocenters. The highest BCUT2D eigenvalue weighted by Crippen LogP contribution is 2.60. The van der Waals surface area contributed by atoms with Crippen molar-refractivity contribution in [3.8, 4) is 0 Å². The zero-order chi connectivity index (χ0) is 35.0. The smallest absolute Gasteiger partial charge is 0.313 e. The van der Waals surface area contributed by atoms with E-state index in [0.717, 1.165) is 5.56 Å². The van der Waals surface area contributed by atoms with Crippen molar-refractivity contribution in [1.82, 2.24) is 15.1 Å². The number of esters is 1. The van der Waals surface area contributed by atoms with Crippen LogP contribution in [0.2, 0.25) is 0 Å². The average Bonchev–Trinajstić information content (AvgIpc) is 3.70. The minimum atomic E-state index is -1.25. The molecule has 3 amide bonds. The second kappa shape index (κ2) is 16.7. The van der Waals surface area contributed by atoms with Crippen LogP contribution < -0.4 is 5.32 Å². The quantitative estimate of drug-likeness (QED) is 0.100. The summed E-state index contributed by atoms with van der Waals surface area (Å²) in [7, 11) is 0. The first-order chi connectivity index (χ1) is 23.7. The monoisotopic (exact) mass is 735 g/mol. The summed E-state index contributed by atoms with van der Waals surface area (Å²) in [6.07, 6.45) is 4.83. The van der Waals surface area contributed by atoms with Crippen LogP contribution in [0, 0.1) is 11.8 Å². The molecule has 3 aliphatic rings. The minimum Gasteiger partial charge on any atom is -0.455 e. The number of unbranched alkanes of at least 4 members (excludes halogenated alkanes) is 2. The number of likely N-dealkylation sites (tertiary alicyclic amines) is 1. The first-order valence-electron chi connectivity index (χ1n) is 17.1. The number of allylic oxidation sites excluding steroid dienone is 1. The predicted molar refractivity (Wildman–Crippen MR) is 188 cm³/mol. The van der Waals surface area contributed by atoms with Gasteiger partial charge >= 0.3 is 5.97 Å². The Kier molecular flexibility index (Phi) is 12.5. The molecule has 2 N–H and O–H groups in total. The van der Waals surface area contributed by atoms with E-state index in [0.29, 0.717) is 44.2 Å². The Morgan fingerprint density at radius 3 is 2.47 bits per heavy atom. The van der Waals surface area contributed by atoms with Crippen LogP contribution in [-0.4, -0.2) is 87.4 Å². The molecule has 3 heterocycles. The maximum atomic E-state index is 14.7. The number of carbonyl (C=O) groups excluding carboxylic acids is 4. The lowest BCUT2D eigenvalue weighted by molar-refractivity contribution is -0.160. The first kappa shape index (κ1) is 36.5. The van der Waals surface area contributed by atoms with Crippen LogP contribution >= 0.6 is 15.9 Å². The van der Waals surface area contributed by atoms with Gasteiger partial charge in [-0.05, 0) is 43.2 Å². The van der Waals surface area contributed by atoms with E-state index in [1.165, 1.54) is 0 Å². The molecule has 7 atom stereocenters. The number of aliphatic hydroxyl groups is 1. The van der Waals surface area contributed by atoms with Crippen molar-refractivity contribution in [2.24, 2.45) is 11.8 Å². The van der Waals surface area contributed by atoms with Gasteiger partial charge < -0.3 is 29.7 Å². The number of ether oxygens (including phenoxy) is 2. The first-order valence-corrected chi connectivity index (χ1v) is 18.0. The fourth-order valence-electron chi connectivity index (χ4n) is 7.50. The van der Waals surface area contributed by atoms with Crippen molar-refractivity contribution in [1.29, 1.82) is 0 Å². The maximum Gasteiger partial charge on any atom is 0.313 e. The highest BCUT2D eigenvalue weighted by atomic mass is 79.9. The summed E-state index contributed by atoms with van der Waals surface area (Å²) in [4.78, 5) is 58.9. The lowest BCUT2D eigenvalue weighted by atomic mass is 9.70. The van der Waals surface area contributed by atoms with Crippen molar-refractivity contribution in [2.75, 3.05) is 26.2 Å². The lowest BCUT2D eigenvalue weighted by Gasteiger charge is -2.37. The highest BCUT2D eigenvalue weighted by molar-refractivity contribution is 9.09. The number of hydrogen-bond acceptors (Lipinski definition) is 7. The van der Waals surface area contributed by atoms with Crippen LogP contribution in [-0.2, 0) is 35.2 Å². The summed E-state index contributed by atoms with van der Waals surface area (Å²) in [5, 5.41) is 12.2. The zero-order valence-electron chi connectivity index (χ0n) is 27.8. The van der Waals surface area contributed by atoms with Gasteiger partial charge in [-0.2, -0.15) is 0 Å². The third-order valence-electron chi connectivity index (χ3n) is 9.72. The molecule has 0 aromatic heterocycles. The molecule has 2 aromatic carbocycles. The zero-order valence-corrected chi connectivity index (χ0v) is 29.3. The van der Waals surface area contributed by atoms with E-state index in [1.807, 2.05) is 60.7 Å². The van der Waals surface area contributed by atoms with Crippen molar-refractivity contribution in [2.45, 2.75) is 73.7 Å². The topological polar surface area (TPSA) is 125 Å². The van der Waals surface area contributed by atoms with E-state index in [-0.39, 0.29) is 55.2 Å². The minimum absolute atomic E-state index is 0.0360. The number of hydrogen-bond donors (Lipinski definition) is 2. The largest absolute Gasteiger partial charge is 0.455 e. The second-order valence-electron chi connectivity index (χ2n) is 12.9. The van der Waals surface area contributed by atoms with E-state index < -0.39 is 41.7 Å². The molecule has 3 fully saturated rings.